The van der Waals surface area contributed by atoms with Gasteiger partial charge < -0.3 is 0 Å². The molecule has 11 nitrogen and oxygen atoms in total. The molecule has 0 unspecified atom stereocenters. The molecule has 0 saturated heterocycles. The molecule has 0 fully saturated rings. The van der Waals surface area contributed by atoms with Crippen molar-refractivity contribution in [3.05, 3.63) is 197 Å². The van der Waals surface area contributed by atoms with Gasteiger partial charge in [0.25, 0.3) is 0 Å². The van der Waals surface area contributed by atoms with Crippen molar-refractivity contribution in [1.29, 1.82) is 0 Å². The summed E-state index contributed by atoms with van der Waals surface area (Å²) in [5.74, 6) is 13.9. The molecule has 0 saturated carbocycles. The maximum absolute atomic E-state index is 5.33. The fourth-order valence-corrected chi connectivity index (χ4v) is 6.47. The molecule has 0 bridgehead atoms. The molecule has 0 spiro atoms. The van der Waals surface area contributed by atoms with Crippen LogP contribution in [-0.2, 0) is 37.9 Å². The second-order valence-corrected chi connectivity index (χ2v) is 26.3. The van der Waals surface area contributed by atoms with E-state index in [1.54, 1.807) is 43.3 Å². The number of pyridine rings is 3. The molecular formula is C73H91N11. The highest BCUT2D eigenvalue weighted by atomic mass is 14.9. The van der Waals surface area contributed by atoms with E-state index in [1.165, 1.54) is 11.9 Å². The number of rotatable bonds is 2. The predicted octanol–water partition coefficient (Wildman–Crippen LogP) is 15.4. The fourth-order valence-electron chi connectivity index (χ4n) is 6.47. The summed E-state index contributed by atoms with van der Waals surface area (Å²) in [5, 5.41) is 0. The molecule has 7 aromatic rings. The number of terminal acetylenes is 5. The minimum absolute atomic E-state index is 0.0129. The fraction of sp³-hybridized carbons (Fsp3) is 0.384. The van der Waals surface area contributed by atoms with E-state index in [0.717, 1.165) is 51.2 Å². The van der Waals surface area contributed by atoms with Crippen LogP contribution in [-0.4, -0.2) is 54.8 Å². The van der Waals surface area contributed by atoms with Gasteiger partial charge in [0.2, 0.25) is 5.82 Å². The van der Waals surface area contributed by atoms with E-state index in [1.807, 2.05) is 66.7 Å². The van der Waals surface area contributed by atoms with Gasteiger partial charge in [0.15, 0.2) is 0 Å². The highest BCUT2D eigenvalue weighted by Gasteiger charge is 2.20. The first-order valence-corrected chi connectivity index (χ1v) is 27.6. The zero-order valence-electron chi connectivity index (χ0n) is 54.2. The van der Waals surface area contributed by atoms with Gasteiger partial charge in [-0.05, 0) is 101 Å². The molecule has 11 heteroatoms. The van der Waals surface area contributed by atoms with Gasteiger partial charge in [0.05, 0.1) is 22.8 Å². The molecule has 0 atom stereocenters. The smallest absolute Gasteiger partial charge is 0.204 e. The summed E-state index contributed by atoms with van der Waals surface area (Å²) in [6.45, 7) is 51.8. The van der Waals surface area contributed by atoms with Crippen molar-refractivity contribution in [3.63, 3.8) is 0 Å². The first-order valence-electron chi connectivity index (χ1n) is 27.6. The maximum atomic E-state index is 5.33. The zero-order chi connectivity index (χ0) is 64.3. The summed E-state index contributed by atoms with van der Waals surface area (Å²) >= 11 is 0. The topological polar surface area (TPSA) is 142 Å². The molecule has 7 heterocycles. The zero-order valence-corrected chi connectivity index (χ0v) is 54.2. The lowest BCUT2D eigenvalue weighted by Gasteiger charge is -2.19. The minimum atomic E-state index is 0.0129. The van der Waals surface area contributed by atoms with Crippen molar-refractivity contribution in [1.82, 2.24) is 54.8 Å². The van der Waals surface area contributed by atoms with Crippen molar-refractivity contribution in [2.24, 2.45) is 0 Å². The van der Waals surface area contributed by atoms with Crippen LogP contribution in [0.4, 0.5) is 0 Å². The quantitative estimate of drug-likeness (QED) is 0.153. The van der Waals surface area contributed by atoms with Crippen LogP contribution in [0.3, 0.4) is 0 Å². The van der Waals surface area contributed by atoms with E-state index in [0.29, 0.717) is 22.9 Å². The molecule has 84 heavy (non-hydrogen) atoms. The Kier molecular flexibility index (Phi) is 28.4. The van der Waals surface area contributed by atoms with Gasteiger partial charge in [0.1, 0.15) is 41.3 Å². The van der Waals surface area contributed by atoms with Crippen LogP contribution in [0.5, 0.6) is 0 Å². The van der Waals surface area contributed by atoms with E-state index in [-0.39, 0.29) is 37.9 Å². The van der Waals surface area contributed by atoms with Crippen LogP contribution in [0.2, 0.25) is 0 Å². The molecule has 0 radical (unpaired) electrons. The Morgan fingerprint density at radius 2 is 0.869 bits per heavy atom. The average molecular weight is 1120 g/mol. The summed E-state index contributed by atoms with van der Waals surface area (Å²) in [7, 11) is 0. The first-order chi connectivity index (χ1) is 38.8. The Balaban J connectivity index is 0.000000490. The summed E-state index contributed by atoms with van der Waals surface area (Å²) in [6.07, 6.45) is 39.8. The monoisotopic (exact) mass is 1120 g/mol. The second-order valence-electron chi connectivity index (χ2n) is 26.3. The van der Waals surface area contributed by atoms with E-state index in [4.69, 9.17) is 32.1 Å². The number of aromatic nitrogens is 11. The van der Waals surface area contributed by atoms with Crippen molar-refractivity contribution in [3.8, 4) is 61.7 Å². The van der Waals surface area contributed by atoms with Crippen molar-refractivity contribution >= 4 is 12.2 Å². The van der Waals surface area contributed by atoms with Crippen LogP contribution in [0, 0.1) is 61.7 Å². The van der Waals surface area contributed by atoms with E-state index in [2.05, 4.69) is 243 Å². The average Bonchev–Trinajstić information content (AvgIpc) is 3.56. The summed E-state index contributed by atoms with van der Waals surface area (Å²) in [6, 6.07) is 21.2. The van der Waals surface area contributed by atoms with Gasteiger partial charge in [-0.2, -0.15) is 0 Å². The lowest BCUT2D eigenvalue weighted by Crippen LogP contribution is -2.15. The molecular weight excluding hydrogens is 1030 g/mol. The van der Waals surface area contributed by atoms with Gasteiger partial charge in [-0.15, -0.1) is 32.1 Å². The standard InChI is InChI=1S/3C11H13N.C10H14N2.2C10H12N2.C10H14N2/c1-5-10-8-9(6-7-12-10)11(2,3)4;1-5-10-9(11(2,3)4)7-6-8-12-10;1-5-9-7-6-8-10(12-9)11(2,3)4;2*1-5-8-6-9(10(2,3)4)12-7-11-8;1-5-9-11-7-6-8(12-9)10(2,3)4;1-5-8-6-7-11-9(12-8)10(2,3)4/h3*1,6-8H,2-4H3;5-7H,1H2,2-4H3;2*1,6-7H,2-4H3;5-7H,1H2,2-4H3. The Labute approximate surface area is 506 Å². The third kappa shape index (κ3) is 27.2. The van der Waals surface area contributed by atoms with Crippen molar-refractivity contribution < 1.29 is 0 Å². The minimum Gasteiger partial charge on any atom is -0.248 e. The molecule has 0 aliphatic heterocycles. The van der Waals surface area contributed by atoms with Gasteiger partial charge in [-0.1, -0.05) is 188 Å². The largest absolute Gasteiger partial charge is 0.248 e. The third-order valence-electron chi connectivity index (χ3n) is 11.6. The van der Waals surface area contributed by atoms with Gasteiger partial charge in [0, 0.05) is 63.3 Å². The molecule has 7 rings (SSSR count). The van der Waals surface area contributed by atoms with Crippen LogP contribution in [0.15, 0.2) is 117 Å². The molecule has 0 aliphatic carbocycles. The Morgan fingerprint density at radius 1 is 0.357 bits per heavy atom. The van der Waals surface area contributed by atoms with Gasteiger partial charge >= 0.3 is 0 Å². The lowest BCUT2D eigenvalue weighted by atomic mass is 9.86. The molecule has 0 amide bonds. The third-order valence-corrected chi connectivity index (χ3v) is 11.6. The number of hydrogen-bond acceptors (Lipinski definition) is 11. The highest BCUT2D eigenvalue weighted by Crippen LogP contribution is 2.25. The second kappa shape index (κ2) is 32.6. The van der Waals surface area contributed by atoms with Crippen molar-refractivity contribution in [2.75, 3.05) is 0 Å². The Bertz CT molecular complexity index is 3100. The molecule has 0 N–H and O–H groups in total. The molecule has 438 valence electrons. The SMILES string of the molecule is C#Cc1cc(C(C)(C)C)ccn1.C#Cc1cc(C(C)(C)C)ncn1.C#Cc1cccc(C(C)(C)C)n1.C#Cc1nccc(C(C)(C)C)n1.C#Cc1ncccc1C(C)(C)C.C=Cc1cc(C(C)(C)C)ncn1.C=Cc1ccnc(C(C)(C)C)n1. The summed E-state index contributed by atoms with van der Waals surface area (Å²) in [4.78, 5) is 45.5. The van der Waals surface area contributed by atoms with E-state index in [9.17, 15) is 0 Å². The number of hydrogen-bond donors (Lipinski definition) is 0. The Morgan fingerprint density at radius 3 is 1.35 bits per heavy atom. The van der Waals surface area contributed by atoms with Crippen molar-refractivity contribution in [2.45, 2.75) is 183 Å². The van der Waals surface area contributed by atoms with Crippen LogP contribution < -0.4 is 0 Å². The summed E-state index contributed by atoms with van der Waals surface area (Å²) < 4.78 is 0. The number of nitrogens with zero attached hydrogens (tertiary/aromatic N) is 11. The van der Waals surface area contributed by atoms with E-state index >= 15 is 0 Å². The predicted molar refractivity (Wildman–Crippen MR) is 352 cm³/mol. The maximum Gasteiger partial charge on any atom is 0.204 e. The molecule has 0 aliphatic rings. The molecule has 0 aromatic carbocycles. The summed E-state index contributed by atoms with van der Waals surface area (Å²) in [5.41, 5.74) is 11.5. The van der Waals surface area contributed by atoms with Gasteiger partial charge in [-0.3, -0.25) is 0 Å². The van der Waals surface area contributed by atoms with Gasteiger partial charge in [-0.25, -0.2) is 54.8 Å². The van der Waals surface area contributed by atoms with E-state index < -0.39 is 0 Å². The van der Waals surface area contributed by atoms with Crippen LogP contribution >= 0.6 is 0 Å². The lowest BCUT2D eigenvalue weighted by molar-refractivity contribution is 0.544. The molecule has 7 aromatic heterocycles. The highest BCUT2D eigenvalue weighted by molar-refractivity contribution is 5.42. The Hall–Kier alpha value is -8.95. The normalized spacial score (nSPS) is 11.0. The van der Waals surface area contributed by atoms with Crippen LogP contribution in [0.25, 0.3) is 12.2 Å². The van der Waals surface area contributed by atoms with Crippen LogP contribution in [0.1, 0.15) is 225 Å². The first kappa shape index (κ1) is 73.1.